The van der Waals surface area contributed by atoms with Gasteiger partial charge < -0.3 is 14.8 Å². The zero-order chi connectivity index (χ0) is 14.5. The SMILES string of the molecule is COc1ccnc(CNc2cccc(Cl)c2Br)c1OC. The number of anilines is 1. The van der Waals surface area contributed by atoms with Crippen molar-refractivity contribution in [1.82, 2.24) is 4.98 Å². The third-order valence-electron chi connectivity index (χ3n) is 2.76. The van der Waals surface area contributed by atoms with Crippen LogP contribution in [0.3, 0.4) is 0 Å². The van der Waals surface area contributed by atoms with Crippen LogP contribution in [0.1, 0.15) is 5.69 Å². The lowest BCUT2D eigenvalue weighted by molar-refractivity contribution is 0.350. The lowest BCUT2D eigenvalue weighted by atomic mass is 10.2. The number of nitrogens with zero attached hydrogens (tertiary/aromatic N) is 1. The molecule has 2 rings (SSSR count). The Kier molecular flexibility index (Phi) is 5.09. The molecule has 0 saturated carbocycles. The van der Waals surface area contributed by atoms with Gasteiger partial charge in [0.2, 0.25) is 0 Å². The van der Waals surface area contributed by atoms with Crippen molar-refractivity contribution in [2.24, 2.45) is 0 Å². The van der Waals surface area contributed by atoms with Crippen LogP contribution in [0.2, 0.25) is 5.02 Å². The molecule has 0 aliphatic carbocycles. The van der Waals surface area contributed by atoms with E-state index in [0.29, 0.717) is 23.1 Å². The maximum atomic E-state index is 6.05. The topological polar surface area (TPSA) is 43.4 Å². The molecule has 0 aliphatic rings. The van der Waals surface area contributed by atoms with Crippen LogP contribution in [-0.4, -0.2) is 19.2 Å². The predicted molar refractivity (Wildman–Crippen MR) is 83.8 cm³/mol. The summed E-state index contributed by atoms with van der Waals surface area (Å²) in [5.41, 5.74) is 1.66. The summed E-state index contributed by atoms with van der Waals surface area (Å²) in [5.74, 6) is 1.28. The molecule has 0 fully saturated rings. The third kappa shape index (κ3) is 3.16. The van der Waals surface area contributed by atoms with Crippen molar-refractivity contribution >= 4 is 33.2 Å². The summed E-state index contributed by atoms with van der Waals surface area (Å²) in [6, 6.07) is 7.40. The fraction of sp³-hybridized carbons (Fsp3) is 0.214. The van der Waals surface area contributed by atoms with Crippen LogP contribution in [0, 0.1) is 0 Å². The number of hydrogen-bond acceptors (Lipinski definition) is 4. The molecule has 0 spiro atoms. The van der Waals surface area contributed by atoms with Gasteiger partial charge >= 0.3 is 0 Å². The Labute approximate surface area is 131 Å². The van der Waals surface area contributed by atoms with Gasteiger partial charge in [0.25, 0.3) is 0 Å². The molecule has 20 heavy (non-hydrogen) atoms. The Morgan fingerprint density at radius 1 is 1.25 bits per heavy atom. The maximum absolute atomic E-state index is 6.05. The molecule has 6 heteroatoms. The minimum absolute atomic E-state index is 0.499. The van der Waals surface area contributed by atoms with Crippen molar-refractivity contribution in [3.05, 3.63) is 45.7 Å². The normalized spacial score (nSPS) is 10.2. The third-order valence-corrected chi connectivity index (χ3v) is 4.16. The van der Waals surface area contributed by atoms with E-state index >= 15 is 0 Å². The zero-order valence-corrected chi connectivity index (χ0v) is 13.5. The molecular weight excluding hydrogens is 344 g/mol. The van der Waals surface area contributed by atoms with E-state index < -0.39 is 0 Å². The highest BCUT2D eigenvalue weighted by Crippen LogP contribution is 2.32. The van der Waals surface area contributed by atoms with Gasteiger partial charge in [-0.25, -0.2) is 0 Å². The Bertz CT molecular complexity index is 608. The maximum Gasteiger partial charge on any atom is 0.184 e. The molecular formula is C14H14BrClN2O2. The second-order valence-electron chi connectivity index (χ2n) is 3.95. The van der Waals surface area contributed by atoms with Crippen molar-refractivity contribution in [3.63, 3.8) is 0 Å². The molecule has 1 heterocycles. The van der Waals surface area contributed by atoms with Crippen LogP contribution >= 0.6 is 27.5 Å². The molecule has 2 aromatic rings. The standard InChI is InChI=1S/C14H14BrClN2O2/c1-19-12-6-7-17-11(14(12)20-2)8-18-10-5-3-4-9(16)13(10)15/h3-7,18H,8H2,1-2H3. The Morgan fingerprint density at radius 3 is 2.75 bits per heavy atom. The van der Waals surface area contributed by atoms with Crippen LogP contribution in [0.15, 0.2) is 34.9 Å². The Balaban J connectivity index is 2.21. The van der Waals surface area contributed by atoms with E-state index in [2.05, 4.69) is 26.2 Å². The Morgan fingerprint density at radius 2 is 2.05 bits per heavy atom. The van der Waals surface area contributed by atoms with E-state index in [1.165, 1.54) is 0 Å². The number of aromatic nitrogens is 1. The van der Waals surface area contributed by atoms with Crippen LogP contribution < -0.4 is 14.8 Å². The number of nitrogens with one attached hydrogen (secondary N) is 1. The molecule has 0 unspecified atom stereocenters. The van der Waals surface area contributed by atoms with Gasteiger partial charge in [-0.2, -0.15) is 0 Å². The van der Waals surface area contributed by atoms with Crippen LogP contribution in [0.4, 0.5) is 5.69 Å². The number of hydrogen-bond donors (Lipinski definition) is 1. The minimum Gasteiger partial charge on any atom is -0.493 e. The quantitative estimate of drug-likeness (QED) is 0.874. The molecule has 0 amide bonds. The van der Waals surface area contributed by atoms with Crippen LogP contribution in [-0.2, 0) is 6.54 Å². The van der Waals surface area contributed by atoms with Gasteiger partial charge in [0.05, 0.1) is 35.9 Å². The Hall–Kier alpha value is -1.46. The average molecular weight is 358 g/mol. The number of methoxy groups -OCH3 is 2. The first-order chi connectivity index (χ1) is 9.67. The largest absolute Gasteiger partial charge is 0.493 e. The average Bonchev–Trinajstić information content (AvgIpc) is 2.48. The van der Waals surface area contributed by atoms with Gasteiger partial charge in [-0.15, -0.1) is 0 Å². The van der Waals surface area contributed by atoms with Crippen molar-refractivity contribution in [3.8, 4) is 11.5 Å². The molecule has 1 aromatic heterocycles. The summed E-state index contributed by atoms with van der Waals surface area (Å²) in [4.78, 5) is 4.31. The van der Waals surface area contributed by atoms with Crippen molar-refractivity contribution in [2.75, 3.05) is 19.5 Å². The van der Waals surface area contributed by atoms with E-state index in [4.69, 9.17) is 21.1 Å². The second-order valence-corrected chi connectivity index (χ2v) is 5.15. The number of halogens is 2. The van der Waals surface area contributed by atoms with E-state index in [9.17, 15) is 0 Å². The summed E-state index contributed by atoms with van der Waals surface area (Å²) in [6.45, 7) is 0.499. The molecule has 0 bridgehead atoms. The molecule has 4 nitrogen and oxygen atoms in total. The molecule has 1 N–H and O–H groups in total. The highest BCUT2D eigenvalue weighted by atomic mass is 79.9. The molecule has 106 valence electrons. The van der Waals surface area contributed by atoms with E-state index in [-0.39, 0.29) is 0 Å². The fourth-order valence-corrected chi connectivity index (χ4v) is 2.37. The number of rotatable bonds is 5. The molecule has 0 atom stereocenters. The fourth-order valence-electron chi connectivity index (χ4n) is 1.80. The van der Waals surface area contributed by atoms with E-state index in [1.54, 1.807) is 26.5 Å². The molecule has 0 saturated heterocycles. The smallest absolute Gasteiger partial charge is 0.184 e. The summed E-state index contributed by atoms with van der Waals surface area (Å²) in [7, 11) is 3.20. The summed E-state index contributed by atoms with van der Waals surface area (Å²) in [5, 5.41) is 3.92. The van der Waals surface area contributed by atoms with Gasteiger partial charge in [-0.1, -0.05) is 17.7 Å². The number of ether oxygens (including phenoxy) is 2. The highest BCUT2D eigenvalue weighted by Gasteiger charge is 2.11. The first-order valence-corrected chi connectivity index (χ1v) is 7.08. The lowest BCUT2D eigenvalue weighted by Crippen LogP contribution is -2.05. The van der Waals surface area contributed by atoms with Crippen LogP contribution in [0.25, 0.3) is 0 Å². The summed E-state index contributed by atoms with van der Waals surface area (Å²) in [6.07, 6.45) is 1.69. The van der Waals surface area contributed by atoms with Crippen molar-refractivity contribution in [2.45, 2.75) is 6.54 Å². The molecule has 1 aromatic carbocycles. The van der Waals surface area contributed by atoms with Crippen molar-refractivity contribution < 1.29 is 9.47 Å². The minimum atomic E-state index is 0.499. The van der Waals surface area contributed by atoms with Gasteiger partial charge in [0, 0.05) is 12.3 Å². The van der Waals surface area contributed by atoms with Gasteiger partial charge in [-0.3, -0.25) is 4.98 Å². The van der Waals surface area contributed by atoms with Gasteiger partial charge in [0.1, 0.15) is 5.69 Å². The van der Waals surface area contributed by atoms with Crippen LogP contribution in [0.5, 0.6) is 11.5 Å². The van der Waals surface area contributed by atoms with E-state index in [1.807, 2.05) is 18.2 Å². The van der Waals surface area contributed by atoms with E-state index in [0.717, 1.165) is 15.9 Å². The first-order valence-electron chi connectivity index (χ1n) is 5.91. The zero-order valence-electron chi connectivity index (χ0n) is 11.1. The van der Waals surface area contributed by atoms with Crippen molar-refractivity contribution in [1.29, 1.82) is 0 Å². The summed E-state index contributed by atoms with van der Waals surface area (Å²) >= 11 is 9.50. The number of pyridine rings is 1. The highest BCUT2D eigenvalue weighted by molar-refractivity contribution is 9.10. The van der Waals surface area contributed by atoms with Gasteiger partial charge in [-0.05, 0) is 28.1 Å². The second kappa shape index (κ2) is 6.81. The first kappa shape index (κ1) is 14.9. The van der Waals surface area contributed by atoms with Gasteiger partial charge in [0.15, 0.2) is 11.5 Å². The molecule has 0 radical (unpaired) electrons. The molecule has 0 aliphatic heterocycles. The monoisotopic (exact) mass is 356 g/mol. The summed E-state index contributed by atoms with van der Waals surface area (Å²) < 4.78 is 11.4. The lowest BCUT2D eigenvalue weighted by Gasteiger charge is -2.13. The number of benzene rings is 1. The predicted octanol–water partition coefficient (Wildman–Crippen LogP) is 4.13.